The fourth-order valence-corrected chi connectivity index (χ4v) is 4.96. The number of nitrogens with two attached hydrogens (primary N) is 1. The van der Waals surface area contributed by atoms with Gasteiger partial charge in [-0.1, -0.05) is 49.2 Å². The second-order valence-corrected chi connectivity index (χ2v) is 8.99. The van der Waals surface area contributed by atoms with Crippen LogP contribution in [0.3, 0.4) is 0 Å². The van der Waals surface area contributed by atoms with E-state index in [0.717, 1.165) is 17.6 Å². The summed E-state index contributed by atoms with van der Waals surface area (Å²) in [5.41, 5.74) is 1.51. The molecule has 0 radical (unpaired) electrons. The summed E-state index contributed by atoms with van der Waals surface area (Å²) in [6, 6.07) is 15.5. The molecule has 0 aliphatic heterocycles. The van der Waals surface area contributed by atoms with Crippen LogP contribution in [0.5, 0.6) is 5.75 Å². The lowest BCUT2D eigenvalue weighted by atomic mass is 9.91. The monoisotopic (exact) mass is 419 g/mol. The molecule has 2 N–H and O–H groups in total. The summed E-state index contributed by atoms with van der Waals surface area (Å²) in [4.78, 5) is 12.3. The maximum absolute atomic E-state index is 12.3. The van der Waals surface area contributed by atoms with Crippen LogP contribution >= 0.6 is 0 Å². The molecule has 3 aromatic rings. The molecule has 4 nitrogen and oxygen atoms in total. The Labute approximate surface area is 184 Å². The Bertz CT molecular complexity index is 1000. The molecule has 164 valence electrons. The van der Waals surface area contributed by atoms with E-state index in [1.54, 1.807) is 0 Å². The Morgan fingerprint density at radius 1 is 0.806 bits per heavy atom. The van der Waals surface area contributed by atoms with Crippen molar-refractivity contribution in [2.45, 2.75) is 76.3 Å². The molecule has 0 spiro atoms. The van der Waals surface area contributed by atoms with Crippen molar-refractivity contribution in [2.75, 3.05) is 0 Å². The Morgan fingerprint density at radius 3 is 2.03 bits per heavy atom. The molecule has 4 heteroatoms. The largest absolute Gasteiger partial charge is 0.872 e. The first-order valence-electron chi connectivity index (χ1n) is 11.8. The van der Waals surface area contributed by atoms with Gasteiger partial charge < -0.3 is 14.8 Å². The van der Waals surface area contributed by atoms with Gasteiger partial charge >= 0.3 is 0 Å². The fraction of sp³-hybridized carbons (Fsp3) is 0.444. The van der Waals surface area contributed by atoms with E-state index in [4.69, 9.17) is 4.42 Å². The average molecular weight is 420 g/mol. The van der Waals surface area contributed by atoms with Crippen LogP contribution in [0.25, 0.3) is 22.1 Å². The lowest BCUT2D eigenvalue weighted by Crippen LogP contribution is -2.95. The second kappa shape index (κ2) is 10.6. The summed E-state index contributed by atoms with van der Waals surface area (Å²) >= 11 is 0. The van der Waals surface area contributed by atoms with E-state index in [2.05, 4.69) is 5.32 Å². The van der Waals surface area contributed by atoms with Gasteiger partial charge in [0.05, 0.1) is 23.0 Å². The van der Waals surface area contributed by atoms with Gasteiger partial charge in [0.25, 0.3) is 0 Å². The molecule has 2 fully saturated rings. The van der Waals surface area contributed by atoms with Crippen molar-refractivity contribution in [1.29, 1.82) is 0 Å². The van der Waals surface area contributed by atoms with Crippen LogP contribution in [0.1, 0.15) is 64.2 Å². The van der Waals surface area contributed by atoms with Crippen LogP contribution in [0.15, 0.2) is 64.0 Å². The smallest absolute Gasteiger partial charge is 0.200 e. The SMILES string of the molecule is C1CCC([NH2+]C2CCCCC2)CC1.O=c1c(-c2ccccc2)coc2cc([O-])ccc12. The molecular weight excluding hydrogens is 386 g/mol. The average Bonchev–Trinajstić information content (AvgIpc) is 2.82. The molecule has 2 aromatic carbocycles. The van der Waals surface area contributed by atoms with Gasteiger partial charge in [0.1, 0.15) is 11.8 Å². The van der Waals surface area contributed by atoms with E-state index in [9.17, 15) is 9.90 Å². The zero-order valence-electron chi connectivity index (χ0n) is 18.2. The quantitative estimate of drug-likeness (QED) is 0.666. The van der Waals surface area contributed by atoms with Crippen molar-refractivity contribution in [3.63, 3.8) is 0 Å². The van der Waals surface area contributed by atoms with Gasteiger partial charge in [-0.25, -0.2) is 0 Å². The van der Waals surface area contributed by atoms with Crippen molar-refractivity contribution in [2.24, 2.45) is 0 Å². The van der Waals surface area contributed by atoms with Gasteiger partial charge in [-0.15, -0.1) is 5.75 Å². The maximum Gasteiger partial charge on any atom is 0.200 e. The van der Waals surface area contributed by atoms with E-state index in [1.165, 1.54) is 88.7 Å². The molecule has 0 amide bonds. The van der Waals surface area contributed by atoms with E-state index in [1.807, 2.05) is 30.3 Å². The molecule has 31 heavy (non-hydrogen) atoms. The normalized spacial score (nSPS) is 17.8. The number of fused-ring (bicyclic) bond motifs is 1. The predicted molar refractivity (Wildman–Crippen MR) is 123 cm³/mol. The minimum atomic E-state index is -0.168. The van der Waals surface area contributed by atoms with Gasteiger partial charge in [-0.05, 0) is 69.1 Å². The third-order valence-electron chi connectivity index (χ3n) is 6.67. The summed E-state index contributed by atoms with van der Waals surface area (Å²) in [6.45, 7) is 0. The van der Waals surface area contributed by atoms with Gasteiger partial charge in [0.2, 0.25) is 0 Å². The lowest BCUT2D eigenvalue weighted by molar-refractivity contribution is -0.725. The molecule has 2 saturated carbocycles. The summed E-state index contributed by atoms with van der Waals surface area (Å²) in [5, 5.41) is 14.3. The van der Waals surface area contributed by atoms with Crippen molar-refractivity contribution in [3.8, 4) is 16.9 Å². The molecule has 0 bridgehead atoms. The van der Waals surface area contributed by atoms with E-state index in [-0.39, 0.29) is 11.2 Å². The summed E-state index contributed by atoms with van der Waals surface area (Å²) < 4.78 is 5.36. The Hall–Kier alpha value is -2.59. The second-order valence-electron chi connectivity index (χ2n) is 8.99. The minimum Gasteiger partial charge on any atom is -0.872 e. The molecule has 0 atom stereocenters. The molecule has 0 unspecified atom stereocenters. The van der Waals surface area contributed by atoms with Crippen molar-refractivity contribution >= 4 is 11.0 Å². The Kier molecular flexibility index (Phi) is 7.42. The highest BCUT2D eigenvalue weighted by molar-refractivity contribution is 5.82. The Balaban J connectivity index is 0.000000158. The zero-order valence-corrected chi connectivity index (χ0v) is 18.2. The fourth-order valence-electron chi connectivity index (χ4n) is 4.96. The van der Waals surface area contributed by atoms with E-state index >= 15 is 0 Å². The molecule has 1 heterocycles. The number of hydrogen-bond donors (Lipinski definition) is 1. The van der Waals surface area contributed by atoms with Crippen molar-refractivity contribution in [3.05, 3.63) is 65.0 Å². The number of rotatable bonds is 3. The van der Waals surface area contributed by atoms with E-state index in [0.29, 0.717) is 16.5 Å². The first-order valence-corrected chi connectivity index (χ1v) is 11.8. The first kappa shape index (κ1) is 21.6. The number of quaternary nitrogens is 1. The first-order chi connectivity index (χ1) is 15.2. The summed E-state index contributed by atoms with van der Waals surface area (Å²) in [6.07, 6.45) is 16.4. The minimum absolute atomic E-state index is 0.123. The molecule has 2 aliphatic rings. The van der Waals surface area contributed by atoms with Gasteiger partial charge in [-0.2, -0.15) is 0 Å². The highest BCUT2D eigenvalue weighted by Crippen LogP contribution is 2.21. The topological polar surface area (TPSA) is 69.9 Å². The van der Waals surface area contributed by atoms with Gasteiger partial charge in [0.15, 0.2) is 5.43 Å². The molecule has 0 saturated heterocycles. The zero-order chi connectivity index (χ0) is 21.5. The van der Waals surface area contributed by atoms with Crippen molar-refractivity contribution in [1.82, 2.24) is 0 Å². The molecule has 5 rings (SSSR count). The molecular formula is C27H33NO3. The highest BCUT2D eigenvalue weighted by Gasteiger charge is 2.22. The molecule has 2 aliphatic carbocycles. The third-order valence-corrected chi connectivity index (χ3v) is 6.67. The van der Waals surface area contributed by atoms with Crippen LogP contribution < -0.4 is 15.9 Å². The Morgan fingerprint density at radius 2 is 1.42 bits per heavy atom. The van der Waals surface area contributed by atoms with Crippen LogP contribution in [-0.2, 0) is 0 Å². The summed E-state index contributed by atoms with van der Waals surface area (Å²) in [7, 11) is 0. The number of benzene rings is 2. The van der Waals surface area contributed by atoms with Crippen LogP contribution in [0, 0.1) is 0 Å². The molecule has 1 aromatic heterocycles. The number of hydrogen-bond acceptors (Lipinski definition) is 3. The lowest BCUT2D eigenvalue weighted by Gasteiger charge is -2.27. The van der Waals surface area contributed by atoms with E-state index < -0.39 is 0 Å². The highest BCUT2D eigenvalue weighted by atomic mass is 16.3. The van der Waals surface area contributed by atoms with Crippen LogP contribution in [0.4, 0.5) is 0 Å². The standard InChI is InChI=1S/C15H10O3.C12H23N/c16-11-6-7-12-14(8-11)18-9-13(15(12)17)10-4-2-1-3-5-10;1-3-7-11(8-4-1)13-12-9-5-2-6-10-12/h1-9,16H;11-13H,1-10H2. The van der Waals surface area contributed by atoms with Crippen LogP contribution in [-0.4, -0.2) is 12.1 Å². The van der Waals surface area contributed by atoms with Gasteiger partial charge in [-0.3, -0.25) is 4.79 Å². The third kappa shape index (κ3) is 5.76. The van der Waals surface area contributed by atoms with Gasteiger partial charge in [0, 0.05) is 0 Å². The van der Waals surface area contributed by atoms with Crippen LogP contribution in [0.2, 0.25) is 0 Å². The predicted octanol–water partition coefficient (Wildman–Crippen LogP) is 4.75. The van der Waals surface area contributed by atoms with Crippen molar-refractivity contribution < 1.29 is 14.8 Å². The summed E-state index contributed by atoms with van der Waals surface area (Å²) in [5.74, 6) is -0.168. The maximum atomic E-state index is 12.3.